The summed E-state index contributed by atoms with van der Waals surface area (Å²) in [5.41, 5.74) is 0. The largest absolute Gasteiger partial charge is 0.756 e. The number of allylic oxidation sites excluding steroid dienone is 3. The van der Waals surface area contributed by atoms with Crippen LogP contribution in [0.1, 0.15) is 200 Å². The summed E-state index contributed by atoms with van der Waals surface area (Å²) in [5, 5.41) is 13.7. The quantitative estimate of drug-likeness (QED) is 0.0278. The molecule has 0 aromatic heterocycles. The van der Waals surface area contributed by atoms with E-state index in [1.54, 1.807) is 6.08 Å². The fraction of sp³-hybridized carbons (Fsp3) is 0.886. The maximum absolute atomic E-state index is 12.8. The number of hydrogen-bond acceptors (Lipinski definition) is 6. The highest BCUT2D eigenvalue weighted by atomic mass is 31.2. The van der Waals surface area contributed by atoms with Crippen LogP contribution < -0.4 is 10.2 Å². The molecule has 9 heteroatoms. The van der Waals surface area contributed by atoms with E-state index in [0.717, 1.165) is 38.5 Å². The molecule has 0 rings (SSSR count). The van der Waals surface area contributed by atoms with Gasteiger partial charge in [0.1, 0.15) is 13.2 Å². The van der Waals surface area contributed by atoms with Crippen LogP contribution in [0.4, 0.5) is 0 Å². The van der Waals surface area contributed by atoms with Crippen LogP contribution in [-0.2, 0) is 18.4 Å². The Labute approximate surface area is 328 Å². The maximum Gasteiger partial charge on any atom is 0.268 e. The molecular weight excluding hydrogens is 683 g/mol. The van der Waals surface area contributed by atoms with Gasteiger partial charge in [-0.2, -0.15) is 0 Å². The number of amides is 1. The molecule has 0 aliphatic heterocycles. The monoisotopic (exact) mass is 771 g/mol. The van der Waals surface area contributed by atoms with Crippen molar-refractivity contribution in [1.82, 2.24) is 5.32 Å². The summed E-state index contributed by atoms with van der Waals surface area (Å²) in [6.07, 6.45) is 42.2. The first-order valence-electron chi connectivity index (χ1n) is 22.2. The summed E-state index contributed by atoms with van der Waals surface area (Å²) in [5.74, 6) is -0.203. The number of nitrogens with one attached hydrogen (secondary N) is 1. The van der Waals surface area contributed by atoms with Crippen molar-refractivity contribution in [3.8, 4) is 0 Å². The average molecular weight is 771 g/mol. The highest BCUT2D eigenvalue weighted by molar-refractivity contribution is 7.45. The molecule has 0 fully saturated rings. The van der Waals surface area contributed by atoms with E-state index < -0.39 is 20.0 Å². The number of carbonyl (C=O) groups excluding carboxylic acids is 1. The molecule has 0 aromatic carbocycles. The first-order chi connectivity index (χ1) is 25.5. The number of unbranched alkanes of at least 4 members (excludes halogenated alkanes) is 25. The SMILES string of the molecule is CCCCCCCCCCC/C=C\CCCCCCCCCC(=O)NC(COP(=O)([O-])OCC[N+](C)(C)C)C(O)/C=C/CCCCCCCCCCC. The molecule has 8 nitrogen and oxygen atoms in total. The van der Waals surface area contributed by atoms with E-state index in [-0.39, 0.29) is 19.1 Å². The molecule has 3 unspecified atom stereocenters. The van der Waals surface area contributed by atoms with Gasteiger partial charge in [0.15, 0.2) is 0 Å². The molecule has 314 valence electrons. The lowest BCUT2D eigenvalue weighted by molar-refractivity contribution is -0.870. The van der Waals surface area contributed by atoms with Gasteiger partial charge in [0.25, 0.3) is 7.82 Å². The lowest BCUT2D eigenvalue weighted by Crippen LogP contribution is -2.45. The number of carbonyl (C=O) groups is 1. The highest BCUT2D eigenvalue weighted by Gasteiger charge is 2.23. The van der Waals surface area contributed by atoms with Gasteiger partial charge in [0.2, 0.25) is 5.91 Å². The zero-order valence-corrected chi connectivity index (χ0v) is 36.4. The van der Waals surface area contributed by atoms with Crippen LogP contribution in [0, 0.1) is 0 Å². The zero-order valence-electron chi connectivity index (χ0n) is 35.5. The van der Waals surface area contributed by atoms with Crippen LogP contribution in [0.25, 0.3) is 0 Å². The van der Waals surface area contributed by atoms with Crippen molar-refractivity contribution in [1.29, 1.82) is 0 Å². The molecule has 53 heavy (non-hydrogen) atoms. The maximum atomic E-state index is 12.8. The minimum Gasteiger partial charge on any atom is -0.756 e. The molecule has 0 aromatic rings. The highest BCUT2D eigenvalue weighted by Crippen LogP contribution is 2.38. The summed E-state index contributed by atoms with van der Waals surface area (Å²) in [7, 11) is 1.26. The van der Waals surface area contributed by atoms with Gasteiger partial charge in [-0.25, -0.2) is 0 Å². The fourth-order valence-electron chi connectivity index (χ4n) is 6.32. The third-order valence-corrected chi connectivity index (χ3v) is 10.9. The lowest BCUT2D eigenvalue weighted by atomic mass is 10.1. The van der Waals surface area contributed by atoms with Gasteiger partial charge < -0.3 is 28.8 Å². The first kappa shape index (κ1) is 52.0. The summed E-state index contributed by atoms with van der Waals surface area (Å²) in [4.78, 5) is 25.2. The van der Waals surface area contributed by atoms with E-state index in [9.17, 15) is 19.4 Å². The van der Waals surface area contributed by atoms with E-state index in [1.165, 1.54) is 141 Å². The summed E-state index contributed by atoms with van der Waals surface area (Å²) < 4.78 is 23.1. The third-order valence-electron chi connectivity index (χ3n) is 9.91. The number of phosphoric acid groups is 1. The van der Waals surface area contributed by atoms with Gasteiger partial charge >= 0.3 is 0 Å². The van der Waals surface area contributed by atoms with E-state index in [2.05, 4.69) is 31.3 Å². The van der Waals surface area contributed by atoms with E-state index >= 15 is 0 Å². The van der Waals surface area contributed by atoms with Crippen molar-refractivity contribution in [2.45, 2.75) is 212 Å². The predicted molar refractivity (Wildman–Crippen MR) is 224 cm³/mol. The molecule has 0 bridgehead atoms. The Hall–Kier alpha value is -1.02. The van der Waals surface area contributed by atoms with E-state index in [0.29, 0.717) is 17.4 Å². The molecule has 0 saturated heterocycles. The number of quaternary nitrogens is 1. The average Bonchev–Trinajstić information content (AvgIpc) is 3.10. The second-order valence-corrected chi connectivity index (χ2v) is 17.8. The molecule has 3 atom stereocenters. The van der Waals surface area contributed by atoms with Crippen molar-refractivity contribution < 1.29 is 32.9 Å². The standard InChI is InChI=1S/C44H87N2O6P/c1-6-8-10-12-14-16-18-19-20-21-22-23-24-25-26-28-30-32-34-36-38-44(48)45-42(41-52-53(49,50)51-40-39-46(3,4)5)43(47)37-35-33-31-29-27-17-15-13-11-9-7-2/h22-23,35,37,42-43,47H,6-21,24-34,36,38-41H2,1-5H3,(H-,45,48,49,50)/b23-22-,37-35+. The number of aliphatic hydroxyl groups is 1. The molecule has 1 amide bonds. The molecule has 0 aliphatic carbocycles. The molecule has 0 saturated carbocycles. The fourth-order valence-corrected chi connectivity index (χ4v) is 7.05. The minimum atomic E-state index is -4.58. The van der Waals surface area contributed by atoms with Crippen LogP contribution in [0.3, 0.4) is 0 Å². The molecule has 2 N–H and O–H groups in total. The number of hydrogen-bond donors (Lipinski definition) is 2. The van der Waals surface area contributed by atoms with Crippen LogP contribution in [0.5, 0.6) is 0 Å². The molecular formula is C44H87N2O6P. The Morgan fingerprint density at radius 3 is 1.47 bits per heavy atom. The van der Waals surface area contributed by atoms with E-state index in [4.69, 9.17) is 9.05 Å². The van der Waals surface area contributed by atoms with Crippen molar-refractivity contribution in [2.75, 3.05) is 40.9 Å². The second kappa shape index (κ2) is 36.6. The number of nitrogens with zero attached hydrogens (tertiary/aromatic N) is 1. The molecule has 0 spiro atoms. The Bertz CT molecular complexity index is 922. The van der Waals surface area contributed by atoms with Gasteiger partial charge in [-0.05, 0) is 44.9 Å². The van der Waals surface area contributed by atoms with Gasteiger partial charge in [-0.1, -0.05) is 173 Å². The number of phosphoric ester groups is 1. The van der Waals surface area contributed by atoms with Crippen LogP contribution in [0.15, 0.2) is 24.3 Å². The van der Waals surface area contributed by atoms with Gasteiger partial charge in [0.05, 0.1) is 39.9 Å². The van der Waals surface area contributed by atoms with E-state index in [1.807, 2.05) is 27.2 Å². The van der Waals surface area contributed by atoms with Crippen molar-refractivity contribution in [3.63, 3.8) is 0 Å². The first-order valence-corrected chi connectivity index (χ1v) is 23.7. The normalized spacial score (nSPS) is 14.6. The molecule has 0 heterocycles. The van der Waals surface area contributed by atoms with Crippen LogP contribution in [0.2, 0.25) is 0 Å². The molecule has 0 radical (unpaired) electrons. The van der Waals surface area contributed by atoms with Gasteiger partial charge in [-0.3, -0.25) is 9.36 Å². The Balaban J connectivity index is 4.33. The van der Waals surface area contributed by atoms with Crippen molar-refractivity contribution in [2.24, 2.45) is 0 Å². The topological polar surface area (TPSA) is 108 Å². The van der Waals surface area contributed by atoms with Crippen molar-refractivity contribution >= 4 is 13.7 Å². The van der Waals surface area contributed by atoms with Gasteiger partial charge in [-0.15, -0.1) is 0 Å². The summed E-state index contributed by atoms with van der Waals surface area (Å²) >= 11 is 0. The van der Waals surface area contributed by atoms with Crippen molar-refractivity contribution in [3.05, 3.63) is 24.3 Å². The minimum absolute atomic E-state index is 0.00100. The van der Waals surface area contributed by atoms with Crippen LogP contribution in [-0.4, -0.2) is 68.5 Å². The van der Waals surface area contributed by atoms with Gasteiger partial charge in [0, 0.05) is 6.42 Å². The number of aliphatic hydroxyl groups excluding tert-OH is 1. The zero-order chi connectivity index (χ0) is 39.3. The third kappa shape index (κ3) is 39.0. The second-order valence-electron chi connectivity index (χ2n) is 16.4. The smallest absolute Gasteiger partial charge is 0.268 e. The number of rotatable bonds is 40. The summed E-state index contributed by atoms with van der Waals surface area (Å²) in [6, 6.07) is -0.884. The lowest BCUT2D eigenvalue weighted by Gasteiger charge is -2.29. The summed E-state index contributed by atoms with van der Waals surface area (Å²) in [6.45, 7) is 4.63. The predicted octanol–water partition coefficient (Wildman–Crippen LogP) is 11.5. The Morgan fingerprint density at radius 1 is 0.642 bits per heavy atom. The Morgan fingerprint density at radius 2 is 1.04 bits per heavy atom. The number of likely N-dealkylation sites (N-methyl/N-ethyl adjacent to an activating group) is 1. The molecule has 0 aliphatic rings. The van der Waals surface area contributed by atoms with Crippen LogP contribution >= 0.6 is 7.82 Å². The Kier molecular flexibility index (Phi) is 35.9.